The number of carboxylic acids is 1. The fourth-order valence-electron chi connectivity index (χ4n) is 1.67. The van der Waals surface area contributed by atoms with Gasteiger partial charge in [-0.25, -0.2) is 0 Å². The highest BCUT2D eigenvalue weighted by Gasteiger charge is 2.34. The lowest BCUT2D eigenvalue weighted by atomic mass is 10.1. The van der Waals surface area contributed by atoms with Crippen molar-refractivity contribution in [1.82, 2.24) is 10.2 Å². The van der Waals surface area contributed by atoms with Crippen LogP contribution in [0.3, 0.4) is 0 Å². The van der Waals surface area contributed by atoms with Crippen molar-refractivity contribution < 1.29 is 24.3 Å². The van der Waals surface area contributed by atoms with Gasteiger partial charge < -0.3 is 10.4 Å². The number of carbonyl (C=O) groups is 4. The molecule has 1 rings (SSSR count). The number of hydrogen-bond donors (Lipinski definition) is 2. The summed E-state index contributed by atoms with van der Waals surface area (Å²) in [5.74, 6) is -2.07. The molecule has 19 heavy (non-hydrogen) atoms. The second-order valence-corrected chi connectivity index (χ2v) is 5.21. The van der Waals surface area contributed by atoms with Crippen molar-refractivity contribution in [3.05, 3.63) is 0 Å². The van der Waals surface area contributed by atoms with Gasteiger partial charge in [0.2, 0.25) is 17.7 Å². The van der Waals surface area contributed by atoms with E-state index in [0.29, 0.717) is 0 Å². The second kappa shape index (κ2) is 7.13. The Labute approximate surface area is 114 Å². The first kappa shape index (κ1) is 15.5. The lowest BCUT2D eigenvalue weighted by Crippen LogP contribution is -2.38. The molecular weight excluding hydrogens is 272 g/mol. The van der Waals surface area contributed by atoms with Crippen molar-refractivity contribution in [2.24, 2.45) is 5.92 Å². The number of hydrogen-bond acceptors (Lipinski definition) is 5. The summed E-state index contributed by atoms with van der Waals surface area (Å²) in [5.41, 5.74) is 0. The Balaban J connectivity index is 2.20. The van der Waals surface area contributed by atoms with E-state index in [1.54, 1.807) is 6.92 Å². The van der Waals surface area contributed by atoms with E-state index in [1.165, 1.54) is 0 Å². The molecule has 8 heteroatoms. The molecule has 0 aromatic rings. The van der Waals surface area contributed by atoms with Gasteiger partial charge >= 0.3 is 5.97 Å². The van der Waals surface area contributed by atoms with Crippen LogP contribution in [-0.2, 0) is 19.2 Å². The predicted molar refractivity (Wildman–Crippen MR) is 68.5 cm³/mol. The van der Waals surface area contributed by atoms with Crippen LogP contribution in [0.4, 0.5) is 0 Å². The fraction of sp³-hybridized carbons (Fsp3) is 0.636. The minimum Gasteiger partial charge on any atom is -0.481 e. The van der Waals surface area contributed by atoms with E-state index in [2.05, 4.69) is 5.32 Å². The maximum atomic E-state index is 11.6. The van der Waals surface area contributed by atoms with Crippen LogP contribution in [0, 0.1) is 5.92 Å². The number of nitrogens with one attached hydrogen (secondary N) is 1. The number of aliphatic carboxylic acids is 1. The van der Waals surface area contributed by atoms with Gasteiger partial charge in [0.1, 0.15) is 0 Å². The number of carbonyl (C=O) groups excluding carboxylic acids is 3. The summed E-state index contributed by atoms with van der Waals surface area (Å²) in [4.78, 5) is 45.7. The molecule has 106 valence electrons. The average molecular weight is 288 g/mol. The monoisotopic (exact) mass is 288 g/mol. The van der Waals surface area contributed by atoms with Crippen LogP contribution < -0.4 is 5.32 Å². The lowest BCUT2D eigenvalue weighted by molar-refractivity contribution is -0.139. The third-order valence-corrected chi connectivity index (χ3v) is 3.50. The van der Waals surface area contributed by atoms with Crippen LogP contribution in [0.5, 0.6) is 0 Å². The Kier molecular flexibility index (Phi) is 5.81. The summed E-state index contributed by atoms with van der Waals surface area (Å²) >= 11 is 0.995. The predicted octanol–water partition coefficient (Wildman–Crippen LogP) is -0.685. The van der Waals surface area contributed by atoms with Crippen molar-refractivity contribution in [3.8, 4) is 0 Å². The highest BCUT2D eigenvalue weighted by atomic mass is 32.2. The van der Waals surface area contributed by atoms with Crippen LogP contribution in [0.1, 0.15) is 13.3 Å². The van der Waals surface area contributed by atoms with Gasteiger partial charge in [-0.15, -0.1) is 11.8 Å². The highest BCUT2D eigenvalue weighted by molar-refractivity contribution is 8.00. The molecule has 0 saturated carbocycles. The standard InChI is InChI=1S/C11H16N2O5S/c1-7-4-9(15)13(11(7)18)3-2-12-8(14)5-19-6-10(16)17/h7H,2-6H2,1H3,(H,12,14)(H,16,17)/t7-/m1/s1. The number of imide groups is 1. The molecule has 2 N–H and O–H groups in total. The van der Waals surface area contributed by atoms with Gasteiger partial charge in [-0.3, -0.25) is 24.1 Å². The highest BCUT2D eigenvalue weighted by Crippen LogP contribution is 2.17. The Morgan fingerprint density at radius 1 is 1.42 bits per heavy atom. The van der Waals surface area contributed by atoms with E-state index in [1.807, 2.05) is 0 Å². The summed E-state index contributed by atoms with van der Waals surface area (Å²) in [5, 5.41) is 10.9. The molecule has 1 saturated heterocycles. The summed E-state index contributed by atoms with van der Waals surface area (Å²) in [6.45, 7) is 2.05. The smallest absolute Gasteiger partial charge is 0.313 e. The van der Waals surface area contributed by atoms with Crippen molar-refractivity contribution in [3.63, 3.8) is 0 Å². The molecule has 0 aliphatic carbocycles. The van der Waals surface area contributed by atoms with Gasteiger partial charge in [-0.2, -0.15) is 0 Å². The van der Waals surface area contributed by atoms with Crippen molar-refractivity contribution in [2.75, 3.05) is 24.6 Å². The molecule has 0 unspecified atom stereocenters. The maximum Gasteiger partial charge on any atom is 0.313 e. The zero-order valence-electron chi connectivity index (χ0n) is 10.5. The van der Waals surface area contributed by atoms with E-state index >= 15 is 0 Å². The maximum absolute atomic E-state index is 11.6. The van der Waals surface area contributed by atoms with Crippen molar-refractivity contribution in [1.29, 1.82) is 0 Å². The number of nitrogens with zero attached hydrogens (tertiary/aromatic N) is 1. The van der Waals surface area contributed by atoms with Gasteiger partial charge in [0.15, 0.2) is 0 Å². The molecule has 0 radical (unpaired) electrons. The van der Waals surface area contributed by atoms with Gasteiger partial charge in [0.25, 0.3) is 0 Å². The van der Waals surface area contributed by atoms with Crippen molar-refractivity contribution >= 4 is 35.5 Å². The Hall–Kier alpha value is -1.57. The minimum absolute atomic E-state index is 0.0462. The quantitative estimate of drug-likeness (QED) is 0.601. The van der Waals surface area contributed by atoms with Crippen LogP contribution in [0.2, 0.25) is 0 Å². The molecule has 1 heterocycles. The molecule has 0 bridgehead atoms. The number of amides is 3. The normalized spacial score (nSPS) is 18.8. The van der Waals surface area contributed by atoms with Crippen LogP contribution >= 0.6 is 11.8 Å². The van der Waals surface area contributed by atoms with Crippen LogP contribution in [0.25, 0.3) is 0 Å². The van der Waals surface area contributed by atoms with E-state index in [9.17, 15) is 19.2 Å². The molecule has 1 aliphatic heterocycles. The Morgan fingerprint density at radius 2 is 2.11 bits per heavy atom. The third-order valence-electron chi connectivity index (χ3n) is 2.59. The van der Waals surface area contributed by atoms with E-state index in [0.717, 1.165) is 16.7 Å². The summed E-state index contributed by atoms with van der Waals surface area (Å²) in [6, 6.07) is 0. The SMILES string of the molecule is C[C@@H]1CC(=O)N(CCNC(=O)CSCC(=O)O)C1=O. The molecule has 1 aliphatic rings. The summed E-state index contributed by atoms with van der Waals surface area (Å²) in [7, 11) is 0. The molecule has 0 spiro atoms. The van der Waals surface area contributed by atoms with Gasteiger partial charge in [-0.05, 0) is 0 Å². The first-order chi connectivity index (χ1) is 8.91. The Bertz CT molecular complexity index is 399. The number of rotatable bonds is 7. The van der Waals surface area contributed by atoms with Gasteiger partial charge in [0, 0.05) is 25.4 Å². The molecule has 0 aromatic heterocycles. The first-order valence-electron chi connectivity index (χ1n) is 5.82. The molecule has 1 fully saturated rings. The van der Waals surface area contributed by atoms with Crippen LogP contribution in [-0.4, -0.2) is 58.3 Å². The number of carboxylic acid groups (broad SMARTS) is 1. The largest absolute Gasteiger partial charge is 0.481 e. The average Bonchev–Trinajstić information content (AvgIpc) is 2.55. The molecule has 1 atom stereocenters. The zero-order valence-corrected chi connectivity index (χ0v) is 11.4. The third kappa shape index (κ3) is 4.90. The van der Waals surface area contributed by atoms with Gasteiger partial charge in [-0.1, -0.05) is 6.92 Å². The molecular formula is C11H16N2O5S. The van der Waals surface area contributed by atoms with E-state index in [-0.39, 0.29) is 54.7 Å². The summed E-state index contributed by atoms with van der Waals surface area (Å²) in [6.07, 6.45) is 0.223. The van der Waals surface area contributed by atoms with Crippen LogP contribution in [0.15, 0.2) is 0 Å². The molecule has 7 nitrogen and oxygen atoms in total. The number of thioether (sulfide) groups is 1. The summed E-state index contributed by atoms with van der Waals surface area (Å²) < 4.78 is 0. The van der Waals surface area contributed by atoms with E-state index < -0.39 is 5.97 Å². The molecule has 3 amide bonds. The Morgan fingerprint density at radius 3 is 2.63 bits per heavy atom. The topological polar surface area (TPSA) is 104 Å². The molecule has 0 aromatic carbocycles. The zero-order chi connectivity index (χ0) is 14.4. The van der Waals surface area contributed by atoms with E-state index in [4.69, 9.17) is 5.11 Å². The minimum atomic E-state index is -0.972. The first-order valence-corrected chi connectivity index (χ1v) is 6.97. The number of likely N-dealkylation sites (tertiary alicyclic amines) is 1. The van der Waals surface area contributed by atoms with Crippen molar-refractivity contribution in [2.45, 2.75) is 13.3 Å². The second-order valence-electron chi connectivity index (χ2n) is 4.23. The van der Waals surface area contributed by atoms with Gasteiger partial charge in [0.05, 0.1) is 11.5 Å². The lowest BCUT2D eigenvalue weighted by Gasteiger charge is -2.14. The fourth-order valence-corrected chi connectivity index (χ4v) is 2.24.